The number of nitrogens with one attached hydrogen (secondary N) is 1. The molecule has 2 aromatic carbocycles. The molecule has 1 aliphatic rings. The van der Waals surface area contributed by atoms with Crippen LogP contribution in [-0.4, -0.2) is 19.9 Å². The zero-order valence-electron chi connectivity index (χ0n) is 14.1. The molecule has 2 heterocycles. The Hall–Kier alpha value is -2.87. The van der Waals surface area contributed by atoms with Crippen LogP contribution < -0.4 is 5.32 Å². The molecule has 0 saturated carbocycles. The molecule has 0 spiro atoms. The van der Waals surface area contributed by atoms with Crippen LogP contribution in [0.4, 0.5) is 14.6 Å². The Labute approximate surface area is 156 Å². The second-order valence-corrected chi connectivity index (χ2v) is 7.70. The molecular weight excluding hydrogens is 372 g/mol. The maximum absolute atomic E-state index is 13.2. The summed E-state index contributed by atoms with van der Waals surface area (Å²) in [6.07, 6.45) is 0.0622. The monoisotopic (exact) mass is 387 g/mol. The van der Waals surface area contributed by atoms with Crippen molar-refractivity contribution in [1.82, 2.24) is 9.78 Å². The maximum Gasteiger partial charge on any atom is 0.229 e. The lowest BCUT2D eigenvalue weighted by Gasteiger charge is -2.11. The van der Waals surface area contributed by atoms with Crippen molar-refractivity contribution in [2.45, 2.75) is 17.9 Å². The second kappa shape index (κ2) is 7.03. The van der Waals surface area contributed by atoms with Gasteiger partial charge < -0.3 is 5.32 Å². The average Bonchev–Trinajstić information content (AvgIpc) is 3.15. The van der Waals surface area contributed by atoms with E-state index < -0.39 is 10.8 Å². The Balaban J connectivity index is 1.64. The summed E-state index contributed by atoms with van der Waals surface area (Å²) < 4.78 is 39.7. The Morgan fingerprint density at radius 3 is 2.33 bits per heavy atom. The van der Waals surface area contributed by atoms with E-state index >= 15 is 0 Å². The fraction of sp³-hybridized carbons (Fsp3) is 0.158. The van der Waals surface area contributed by atoms with E-state index in [1.54, 1.807) is 24.3 Å². The summed E-state index contributed by atoms with van der Waals surface area (Å²) >= 11 is 0. The molecule has 1 aromatic heterocycles. The zero-order chi connectivity index (χ0) is 19.0. The molecule has 1 amide bonds. The third-order valence-electron chi connectivity index (χ3n) is 4.28. The van der Waals surface area contributed by atoms with E-state index in [0.29, 0.717) is 34.3 Å². The fourth-order valence-corrected chi connectivity index (χ4v) is 4.25. The average molecular weight is 387 g/mol. The van der Waals surface area contributed by atoms with Gasteiger partial charge in [-0.1, -0.05) is 12.1 Å². The van der Waals surface area contributed by atoms with Gasteiger partial charge in [0.15, 0.2) is 0 Å². The minimum atomic E-state index is -1.05. The van der Waals surface area contributed by atoms with E-state index in [-0.39, 0.29) is 24.0 Å². The van der Waals surface area contributed by atoms with Crippen LogP contribution in [0.25, 0.3) is 5.69 Å². The highest BCUT2D eigenvalue weighted by Crippen LogP contribution is 2.31. The smallest absolute Gasteiger partial charge is 0.229 e. The van der Waals surface area contributed by atoms with Crippen molar-refractivity contribution >= 4 is 22.5 Å². The standard InChI is InChI=1S/C19H15F2N3O2S/c20-13-3-1-12(2-4-13)9-18(25)22-19-16-10-27(26)11-17(16)23-24(19)15-7-5-14(21)6-8-15/h1-8H,9-11H2,(H,22,25)/t27-/m0/s1. The number of amides is 1. The Kier molecular flexibility index (Phi) is 4.57. The van der Waals surface area contributed by atoms with Gasteiger partial charge in [0.25, 0.3) is 0 Å². The maximum atomic E-state index is 13.2. The van der Waals surface area contributed by atoms with Crippen molar-refractivity contribution < 1.29 is 17.8 Å². The van der Waals surface area contributed by atoms with Crippen molar-refractivity contribution in [2.24, 2.45) is 0 Å². The van der Waals surface area contributed by atoms with Crippen molar-refractivity contribution in [1.29, 1.82) is 0 Å². The lowest BCUT2D eigenvalue weighted by atomic mass is 10.1. The summed E-state index contributed by atoms with van der Waals surface area (Å²) in [4.78, 5) is 12.5. The number of hydrogen-bond acceptors (Lipinski definition) is 3. The number of halogens is 2. The molecule has 0 fully saturated rings. The summed E-state index contributed by atoms with van der Waals surface area (Å²) in [5.74, 6) is 0.0303. The molecule has 5 nitrogen and oxygen atoms in total. The molecule has 4 rings (SSSR count). The molecule has 1 aliphatic heterocycles. The second-order valence-electron chi connectivity index (χ2n) is 6.24. The molecule has 3 aromatic rings. The van der Waals surface area contributed by atoms with Crippen LogP contribution in [0.15, 0.2) is 48.5 Å². The molecule has 0 bridgehead atoms. The van der Waals surface area contributed by atoms with Crippen LogP contribution in [0, 0.1) is 11.6 Å². The highest BCUT2D eigenvalue weighted by molar-refractivity contribution is 7.83. The van der Waals surface area contributed by atoms with Crippen LogP contribution in [0.5, 0.6) is 0 Å². The van der Waals surface area contributed by atoms with Gasteiger partial charge in [-0.15, -0.1) is 0 Å². The number of fused-ring (bicyclic) bond motifs is 1. The van der Waals surface area contributed by atoms with Crippen LogP contribution in [0.1, 0.15) is 16.8 Å². The number of rotatable bonds is 4. The number of anilines is 1. The normalized spacial score (nSPS) is 15.6. The van der Waals surface area contributed by atoms with Crippen molar-refractivity contribution in [3.8, 4) is 5.69 Å². The number of hydrogen-bond donors (Lipinski definition) is 1. The van der Waals surface area contributed by atoms with Gasteiger partial charge in [-0.2, -0.15) is 5.10 Å². The molecule has 0 aliphatic carbocycles. The largest absolute Gasteiger partial charge is 0.310 e. The van der Waals surface area contributed by atoms with Crippen LogP contribution in [0.3, 0.4) is 0 Å². The molecular formula is C19H15F2N3O2S. The summed E-state index contributed by atoms with van der Waals surface area (Å²) in [5, 5.41) is 7.28. The van der Waals surface area contributed by atoms with Crippen molar-refractivity contribution in [2.75, 3.05) is 5.32 Å². The number of carbonyl (C=O) groups is 1. The lowest BCUT2D eigenvalue weighted by molar-refractivity contribution is -0.115. The van der Waals surface area contributed by atoms with Crippen molar-refractivity contribution in [3.63, 3.8) is 0 Å². The highest BCUT2D eigenvalue weighted by atomic mass is 32.2. The number of nitrogens with zero attached hydrogens (tertiary/aromatic N) is 2. The first-order chi connectivity index (χ1) is 13.0. The fourth-order valence-electron chi connectivity index (χ4n) is 2.99. The number of carbonyl (C=O) groups excluding carboxylic acids is 1. The first-order valence-electron chi connectivity index (χ1n) is 8.25. The Bertz CT molecular complexity index is 1030. The lowest BCUT2D eigenvalue weighted by Crippen LogP contribution is -2.18. The zero-order valence-corrected chi connectivity index (χ0v) is 14.9. The van der Waals surface area contributed by atoms with Gasteiger partial charge >= 0.3 is 0 Å². The SMILES string of the molecule is O=C(Cc1ccc(F)cc1)Nc1c2c(nn1-c1ccc(F)cc1)C[S@@](=O)C2. The molecule has 8 heteroatoms. The summed E-state index contributed by atoms with van der Waals surface area (Å²) in [5.41, 5.74) is 2.65. The topological polar surface area (TPSA) is 64.0 Å². The van der Waals surface area contributed by atoms with Crippen molar-refractivity contribution in [3.05, 3.63) is 77.0 Å². The molecule has 0 unspecified atom stereocenters. The van der Waals surface area contributed by atoms with E-state index in [0.717, 1.165) is 5.56 Å². The summed E-state index contributed by atoms with van der Waals surface area (Å²) in [7, 11) is -1.05. The molecule has 138 valence electrons. The summed E-state index contributed by atoms with van der Waals surface area (Å²) in [6.45, 7) is 0. The molecule has 1 N–H and O–H groups in total. The van der Waals surface area contributed by atoms with Gasteiger partial charge in [0, 0.05) is 16.4 Å². The first-order valence-corrected chi connectivity index (χ1v) is 9.74. The minimum absolute atomic E-state index is 0.0622. The first kappa shape index (κ1) is 17.5. The van der Waals surface area contributed by atoms with Gasteiger partial charge in [0.1, 0.15) is 17.5 Å². The number of benzene rings is 2. The highest BCUT2D eigenvalue weighted by Gasteiger charge is 2.28. The predicted octanol–water partition coefficient (Wildman–Crippen LogP) is 3.09. The van der Waals surface area contributed by atoms with Gasteiger partial charge in [0.2, 0.25) is 5.91 Å². The third-order valence-corrected chi connectivity index (χ3v) is 5.48. The quantitative estimate of drug-likeness (QED) is 0.748. The van der Waals surface area contributed by atoms with Gasteiger partial charge in [-0.25, -0.2) is 13.5 Å². The van der Waals surface area contributed by atoms with Crippen LogP contribution in [-0.2, 0) is 33.5 Å². The Morgan fingerprint density at radius 2 is 1.67 bits per heavy atom. The van der Waals surface area contributed by atoms with E-state index in [1.807, 2.05) is 0 Å². The van der Waals surface area contributed by atoms with E-state index in [2.05, 4.69) is 10.4 Å². The molecule has 0 saturated heterocycles. The molecule has 1 atom stereocenters. The van der Waals surface area contributed by atoms with Crippen LogP contribution in [0.2, 0.25) is 0 Å². The number of aromatic nitrogens is 2. The molecule has 0 radical (unpaired) electrons. The van der Waals surface area contributed by atoms with Gasteiger partial charge in [-0.3, -0.25) is 9.00 Å². The van der Waals surface area contributed by atoms with E-state index in [9.17, 15) is 17.8 Å². The third kappa shape index (κ3) is 3.66. The summed E-state index contributed by atoms with van der Waals surface area (Å²) in [6, 6.07) is 11.4. The van der Waals surface area contributed by atoms with Crippen LogP contribution >= 0.6 is 0 Å². The predicted molar refractivity (Wildman–Crippen MR) is 97.8 cm³/mol. The molecule has 27 heavy (non-hydrogen) atoms. The van der Waals surface area contributed by atoms with Gasteiger partial charge in [-0.05, 0) is 42.0 Å². The minimum Gasteiger partial charge on any atom is -0.310 e. The van der Waals surface area contributed by atoms with E-state index in [4.69, 9.17) is 0 Å². The van der Waals surface area contributed by atoms with Gasteiger partial charge in [0.05, 0.1) is 29.3 Å². The Morgan fingerprint density at radius 1 is 1.04 bits per heavy atom. The van der Waals surface area contributed by atoms with E-state index in [1.165, 1.54) is 28.9 Å².